The van der Waals surface area contributed by atoms with Gasteiger partial charge in [0.05, 0.1) is 5.69 Å². The van der Waals surface area contributed by atoms with Gasteiger partial charge in [-0.05, 0) is 69.8 Å². The molecular weight excluding hydrogens is 530 g/mol. The lowest BCUT2D eigenvalue weighted by molar-refractivity contribution is -0.123. The zero-order valence-electron chi connectivity index (χ0n) is 24.8. The number of unbranched alkanes of at least 4 members (excludes halogenated alkanes) is 3. The molecule has 0 saturated carbocycles. The molecule has 0 unspecified atom stereocenters. The smallest absolute Gasteiger partial charge is 0.411 e. The van der Waals surface area contributed by atoms with Crippen molar-refractivity contribution in [3.8, 4) is 11.1 Å². The van der Waals surface area contributed by atoms with Crippen LogP contribution in [-0.4, -0.2) is 79.6 Å². The van der Waals surface area contributed by atoms with E-state index in [2.05, 4.69) is 20.4 Å². The number of carbonyl (C=O) groups is 3. The number of anilines is 1. The number of ether oxygens (including phenoxy) is 1. The summed E-state index contributed by atoms with van der Waals surface area (Å²) in [5.74, 6) is -0.00419. The standard InChI is InChI=1S/C33H47N5O4/c34-32(40)27-14-21-37(22-15-27)20-9-2-1-8-19-35-31(39)18-25-38-23-16-28(17-24-38)42-33(41)36-30-13-7-6-12-29(30)26-10-4-3-5-11-26/h3-7,10-13,27-28H,1-2,8-9,14-25H2,(H2,34,40)(H,35,39)(H,36,41). The first-order chi connectivity index (χ1) is 20.5. The summed E-state index contributed by atoms with van der Waals surface area (Å²) in [6.45, 7) is 6.08. The average molecular weight is 578 g/mol. The number of amides is 3. The molecule has 42 heavy (non-hydrogen) atoms. The van der Waals surface area contributed by atoms with Crippen molar-refractivity contribution in [1.82, 2.24) is 15.1 Å². The number of likely N-dealkylation sites (tertiary alicyclic amines) is 2. The van der Waals surface area contributed by atoms with Gasteiger partial charge in [0.2, 0.25) is 11.8 Å². The normalized spacial score (nSPS) is 17.0. The second-order valence-corrected chi connectivity index (χ2v) is 11.5. The van der Waals surface area contributed by atoms with Crippen LogP contribution in [0.2, 0.25) is 0 Å². The number of rotatable bonds is 14. The van der Waals surface area contributed by atoms with E-state index in [1.165, 1.54) is 0 Å². The molecule has 2 saturated heterocycles. The van der Waals surface area contributed by atoms with Gasteiger partial charge >= 0.3 is 6.09 Å². The number of nitrogens with zero attached hydrogens (tertiary/aromatic N) is 2. The topological polar surface area (TPSA) is 117 Å². The summed E-state index contributed by atoms with van der Waals surface area (Å²) in [5.41, 5.74) is 8.14. The van der Waals surface area contributed by atoms with E-state index < -0.39 is 6.09 Å². The first-order valence-corrected chi connectivity index (χ1v) is 15.6. The molecule has 2 aliphatic rings. The van der Waals surface area contributed by atoms with Gasteiger partial charge in [-0.25, -0.2) is 4.79 Å². The van der Waals surface area contributed by atoms with Gasteiger partial charge < -0.3 is 25.6 Å². The molecule has 2 aromatic carbocycles. The maximum Gasteiger partial charge on any atom is 0.411 e. The molecule has 0 spiro atoms. The lowest BCUT2D eigenvalue weighted by Crippen LogP contribution is -2.40. The minimum absolute atomic E-state index is 0.0544. The molecule has 0 atom stereocenters. The van der Waals surface area contributed by atoms with E-state index in [0.717, 1.165) is 114 Å². The highest BCUT2D eigenvalue weighted by molar-refractivity contribution is 5.91. The van der Waals surface area contributed by atoms with E-state index in [1.54, 1.807) is 0 Å². The van der Waals surface area contributed by atoms with Gasteiger partial charge in [0.1, 0.15) is 6.10 Å². The summed E-state index contributed by atoms with van der Waals surface area (Å²) in [7, 11) is 0. The van der Waals surface area contributed by atoms with Gasteiger partial charge in [0, 0.05) is 44.1 Å². The fraction of sp³-hybridized carbons (Fsp3) is 0.545. The Morgan fingerprint density at radius 2 is 1.43 bits per heavy atom. The Morgan fingerprint density at radius 3 is 2.17 bits per heavy atom. The Labute approximate surface area is 250 Å². The Hall–Kier alpha value is -3.43. The molecular formula is C33H47N5O4. The molecule has 2 aromatic rings. The van der Waals surface area contributed by atoms with Crippen molar-refractivity contribution < 1.29 is 19.1 Å². The number of benzene rings is 2. The van der Waals surface area contributed by atoms with Gasteiger partial charge in [0.25, 0.3) is 0 Å². The van der Waals surface area contributed by atoms with E-state index >= 15 is 0 Å². The van der Waals surface area contributed by atoms with Crippen LogP contribution in [0.15, 0.2) is 54.6 Å². The summed E-state index contributed by atoms with van der Waals surface area (Å²) in [6.07, 6.45) is 7.64. The van der Waals surface area contributed by atoms with Gasteiger partial charge in [-0.2, -0.15) is 0 Å². The Kier molecular flexibility index (Phi) is 12.7. The van der Waals surface area contributed by atoms with E-state index in [0.29, 0.717) is 6.42 Å². The number of carbonyl (C=O) groups excluding carboxylic acids is 3. The summed E-state index contributed by atoms with van der Waals surface area (Å²) in [4.78, 5) is 40.9. The predicted molar refractivity (Wildman–Crippen MR) is 166 cm³/mol. The number of nitrogens with two attached hydrogens (primary N) is 1. The zero-order valence-corrected chi connectivity index (χ0v) is 24.8. The number of piperidine rings is 2. The highest BCUT2D eigenvalue weighted by Gasteiger charge is 2.24. The van der Waals surface area contributed by atoms with Crippen molar-refractivity contribution in [1.29, 1.82) is 0 Å². The Balaban J connectivity index is 1.02. The predicted octanol–water partition coefficient (Wildman–Crippen LogP) is 4.63. The highest BCUT2D eigenvalue weighted by atomic mass is 16.6. The highest BCUT2D eigenvalue weighted by Crippen LogP contribution is 2.28. The van der Waals surface area contributed by atoms with Crippen molar-refractivity contribution in [3.05, 3.63) is 54.6 Å². The van der Waals surface area contributed by atoms with Gasteiger partial charge in [-0.15, -0.1) is 0 Å². The van der Waals surface area contributed by atoms with Crippen LogP contribution in [0.5, 0.6) is 0 Å². The summed E-state index contributed by atoms with van der Waals surface area (Å²) in [6, 6.07) is 17.7. The zero-order chi connectivity index (χ0) is 29.6. The molecule has 4 N–H and O–H groups in total. The number of para-hydroxylation sites is 1. The van der Waals surface area contributed by atoms with Crippen LogP contribution in [-0.2, 0) is 14.3 Å². The maximum absolute atomic E-state index is 12.6. The molecule has 4 rings (SSSR count). The quantitative estimate of drug-likeness (QED) is 0.282. The molecule has 3 amide bonds. The van der Waals surface area contributed by atoms with E-state index in [9.17, 15) is 14.4 Å². The number of hydrogen-bond acceptors (Lipinski definition) is 6. The molecule has 9 nitrogen and oxygen atoms in total. The van der Waals surface area contributed by atoms with Crippen molar-refractivity contribution in [2.75, 3.05) is 51.1 Å². The van der Waals surface area contributed by atoms with Gasteiger partial charge in [-0.3, -0.25) is 14.9 Å². The second kappa shape index (κ2) is 16.9. The molecule has 2 heterocycles. The molecule has 0 aliphatic carbocycles. The fourth-order valence-corrected chi connectivity index (χ4v) is 5.83. The van der Waals surface area contributed by atoms with E-state index in [1.807, 2.05) is 54.6 Å². The van der Waals surface area contributed by atoms with Crippen LogP contribution >= 0.6 is 0 Å². The number of nitrogens with one attached hydrogen (secondary N) is 2. The van der Waals surface area contributed by atoms with Crippen LogP contribution in [0.1, 0.15) is 57.8 Å². The van der Waals surface area contributed by atoms with Crippen LogP contribution < -0.4 is 16.4 Å². The third kappa shape index (κ3) is 10.4. The number of primary amides is 1. The van der Waals surface area contributed by atoms with E-state index in [-0.39, 0.29) is 23.8 Å². The molecule has 9 heteroatoms. The fourth-order valence-electron chi connectivity index (χ4n) is 5.83. The van der Waals surface area contributed by atoms with Crippen molar-refractivity contribution in [3.63, 3.8) is 0 Å². The van der Waals surface area contributed by atoms with Crippen molar-refractivity contribution in [2.45, 2.75) is 63.9 Å². The van der Waals surface area contributed by atoms with E-state index in [4.69, 9.17) is 10.5 Å². The monoisotopic (exact) mass is 577 g/mol. The summed E-state index contributed by atoms with van der Waals surface area (Å²) in [5, 5.41) is 5.97. The largest absolute Gasteiger partial charge is 0.446 e. The van der Waals surface area contributed by atoms with Crippen LogP contribution in [0.4, 0.5) is 10.5 Å². The lowest BCUT2D eigenvalue weighted by Gasteiger charge is -2.31. The van der Waals surface area contributed by atoms with Crippen LogP contribution in [0, 0.1) is 5.92 Å². The molecule has 2 fully saturated rings. The van der Waals surface area contributed by atoms with Crippen LogP contribution in [0.3, 0.4) is 0 Å². The molecule has 0 bridgehead atoms. The van der Waals surface area contributed by atoms with Gasteiger partial charge in [0.15, 0.2) is 0 Å². The van der Waals surface area contributed by atoms with Gasteiger partial charge in [-0.1, -0.05) is 61.4 Å². The Bertz CT molecular complexity index is 1130. The SMILES string of the molecule is NC(=O)C1CCN(CCCCCCNC(=O)CCN2CCC(OC(=O)Nc3ccccc3-c3ccccc3)CC2)CC1. The molecule has 0 aromatic heterocycles. The average Bonchev–Trinajstić information content (AvgIpc) is 3.01. The molecule has 228 valence electrons. The molecule has 0 radical (unpaired) electrons. The second-order valence-electron chi connectivity index (χ2n) is 11.5. The van der Waals surface area contributed by atoms with Crippen molar-refractivity contribution in [2.24, 2.45) is 11.7 Å². The van der Waals surface area contributed by atoms with Crippen LogP contribution in [0.25, 0.3) is 11.1 Å². The van der Waals surface area contributed by atoms with Crippen molar-refractivity contribution >= 4 is 23.6 Å². The Morgan fingerprint density at radius 1 is 0.786 bits per heavy atom. The lowest BCUT2D eigenvalue weighted by atomic mass is 9.96. The first kappa shape index (κ1) is 31.5. The minimum Gasteiger partial charge on any atom is -0.446 e. The first-order valence-electron chi connectivity index (χ1n) is 15.6. The maximum atomic E-state index is 12.6. The summed E-state index contributed by atoms with van der Waals surface area (Å²) >= 11 is 0. The third-order valence-electron chi connectivity index (χ3n) is 8.43. The molecule has 2 aliphatic heterocycles. The third-order valence-corrected chi connectivity index (χ3v) is 8.43. The summed E-state index contributed by atoms with van der Waals surface area (Å²) < 4.78 is 5.73. The minimum atomic E-state index is -0.430. The number of hydrogen-bond donors (Lipinski definition) is 3.